The molecule has 1 fully saturated rings. The topological polar surface area (TPSA) is 63.9 Å². The molecule has 140 valence electrons. The molecule has 2 unspecified atom stereocenters. The summed E-state index contributed by atoms with van der Waals surface area (Å²) < 4.78 is 13.4. The summed E-state index contributed by atoms with van der Waals surface area (Å²) in [6, 6.07) is 10.2. The molecule has 26 heavy (non-hydrogen) atoms. The Hall–Kier alpha value is -2.38. The van der Waals surface area contributed by atoms with Crippen LogP contribution >= 0.6 is 0 Å². The number of aryl methyl sites for hydroxylation is 1. The molecule has 1 N–H and O–H groups in total. The highest BCUT2D eigenvalue weighted by Gasteiger charge is 2.25. The summed E-state index contributed by atoms with van der Waals surface area (Å²) in [5, 5.41) is 7.68. The fraction of sp³-hybridized carbons (Fsp3) is 0.474. The van der Waals surface area contributed by atoms with E-state index in [1.54, 1.807) is 18.8 Å². The molecule has 3 rings (SSSR count). The van der Waals surface area contributed by atoms with E-state index in [0.29, 0.717) is 13.2 Å². The number of aliphatic imine (C=N–C) groups is 1. The molecule has 7 nitrogen and oxygen atoms in total. The van der Waals surface area contributed by atoms with Crippen molar-refractivity contribution in [3.8, 4) is 0 Å². The van der Waals surface area contributed by atoms with Crippen LogP contribution in [0.15, 0.2) is 47.7 Å². The molecule has 0 saturated carbocycles. The molecule has 0 bridgehead atoms. The maximum Gasteiger partial charge on any atom is 0.193 e. The smallest absolute Gasteiger partial charge is 0.193 e. The average Bonchev–Trinajstić information content (AvgIpc) is 3.13. The van der Waals surface area contributed by atoms with E-state index in [1.807, 2.05) is 37.6 Å². The van der Waals surface area contributed by atoms with Crippen LogP contribution in [0.25, 0.3) is 0 Å². The standard InChI is InChI=1S/C19H27N5O2/c1-20-19(21-12-17(25-3)15-7-5-4-6-8-15)24-9-10-26-18(14-24)16-11-22-23(2)13-16/h4-8,11,13,17-18H,9-10,12,14H2,1-3H3,(H,20,21). The lowest BCUT2D eigenvalue weighted by atomic mass is 10.1. The van der Waals surface area contributed by atoms with E-state index in [0.717, 1.165) is 30.2 Å². The van der Waals surface area contributed by atoms with Crippen LogP contribution < -0.4 is 5.32 Å². The number of nitrogens with one attached hydrogen (secondary N) is 1. The zero-order chi connectivity index (χ0) is 18.4. The zero-order valence-corrected chi connectivity index (χ0v) is 15.6. The fourth-order valence-corrected chi connectivity index (χ4v) is 3.17. The molecular weight excluding hydrogens is 330 g/mol. The van der Waals surface area contributed by atoms with Crippen LogP contribution in [0.4, 0.5) is 0 Å². The maximum atomic E-state index is 5.92. The number of ether oxygens (including phenoxy) is 2. The predicted octanol–water partition coefficient (Wildman–Crippen LogP) is 1.76. The van der Waals surface area contributed by atoms with Gasteiger partial charge in [-0.15, -0.1) is 0 Å². The van der Waals surface area contributed by atoms with Crippen LogP contribution in [-0.2, 0) is 16.5 Å². The highest BCUT2D eigenvalue weighted by atomic mass is 16.5. The van der Waals surface area contributed by atoms with Gasteiger partial charge in [0, 0.05) is 46.1 Å². The van der Waals surface area contributed by atoms with E-state index < -0.39 is 0 Å². The van der Waals surface area contributed by atoms with Gasteiger partial charge in [0.1, 0.15) is 6.10 Å². The molecule has 1 aromatic carbocycles. The number of morpholine rings is 1. The van der Waals surface area contributed by atoms with Gasteiger partial charge in [-0.3, -0.25) is 9.67 Å². The second-order valence-corrected chi connectivity index (χ2v) is 6.32. The minimum atomic E-state index is -0.0249. The summed E-state index contributed by atoms with van der Waals surface area (Å²) in [7, 11) is 5.45. The lowest BCUT2D eigenvalue weighted by molar-refractivity contribution is -0.00833. The van der Waals surface area contributed by atoms with Gasteiger partial charge in [0.25, 0.3) is 0 Å². The Morgan fingerprint density at radius 2 is 2.23 bits per heavy atom. The normalized spacial score (nSPS) is 19.4. The number of aromatic nitrogens is 2. The molecule has 1 aliphatic heterocycles. The highest BCUT2D eigenvalue weighted by molar-refractivity contribution is 5.80. The van der Waals surface area contributed by atoms with Crippen molar-refractivity contribution < 1.29 is 9.47 Å². The summed E-state index contributed by atoms with van der Waals surface area (Å²) in [6.45, 7) is 2.86. The van der Waals surface area contributed by atoms with Crippen molar-refractivity contribution in [2.45, 2.75) is 12.2 Å². The van der Waals surface area contributed by atoms with Crippen molar-refractivity contribution in [3.63, 3.8) is 0 Å². The molecule has 0 amide bonds. The predicted molar refractivity (Wildman–Crippen MR) is 101 cm³/mol. The minimum Gasteiger partial charge on any atom is -0.375 e. The Bertz CT molecular complexity index is 716. The van der Waals surface area contributed by atoms with Gasteiger partial charge < -0.3 is 19.7 Å². The third-order valence-corrected chi connectivity index (χ3v) is 4.58. The minimum absolute atomic E-state index is 0.00310. The molecule has 0 aliphatic carbocycles. The number of hydrogen-bond acceptors (Lipinski definition) is 4. The lowest BCUT2D eigenvalue weighted by Crippen LogP contribution is -2.49. The van der Waals surface area contributed by atoms with E-state index in [-0.39, 0.29) is 12.2 Å². The molecule has 2 heterocycles. The quantitative estimate of drug-likeness (QED) is 0.653. The van der Waals surface area contributed by atoms with Crippen LogP contribution in [0.1, 0.15) is 23.3 Å². The first-order chi connectivity index (χ1) is 12.7. The van der Waals surface area contributed by atoms with Crippen LogP contribution in [0.3, 0.4) is 0 Å². The van der Waals surface area contributed by atoms with Crippen molar-refractivity contribution in [3.05, 3.63) is 53.9 Å². The summed E-state index contributed by atoms with van der Waals surface area (Å²) in [5.74, 6) is 0.861. The molecule has 2 atom stereocenters. The summed E-state index contributed by atoms with van der Waals surface area (Å²) >= 11 is 0. The Kier molecular flexibility index (Phi) is 6.25. The average molecular weight is 357 g/mol. The second kappa shape index (κ2) is 8.82. The van der Waals surface area contributed by atoms with Crippen molar-refractivity contribution in [1.82, 2.24) is 20.0 Å². The molecule has 0 spiro atoms. The van der Waals surface area contributed by atoms with Gasteiger partial charge in [-0.05, 0) is 5.56 Å². The maximum absolute atomic E-state index is 5.92. The van der Waals surface area contributed by atoms with Gasteiger partial charge in [-0.1, -0.05) is 30.3 Å². The van der Waals surface area contributed by atoms with E-state index in [9.17, 15) is 0 Å². The molecular formula is C19H27N5O2. The Morgan fingerprint density at radius 3 is 2.88 bits per heavy atom. The number of benzene rings is 1. The van der Waals surface area contributed by atoms with Crippen molar-refractivity contribution in [2.24, 2.45) is 12.0 Å². The van der Waals surface area contributed by atoms with Crippen molar-refractivity contribution >= 4 is 5.96 Å². The monoisotopic (exact) mass is 357 g/mol. The molecule has 1 aromatic heterocycles. The number of nitrogens with zero attached hydrogens (tertiary/aromatic N) is 4. The van der Waals surface area contributed by atoms with Crippen LogP contribution in [-0.4, -0.2) is 61.0 Å². The zero-order valence-electron chi connectivity index (χ0n) is 15.6. The first-order valence-corrected chi connectivity index (χ1v) is 8.84. The van der Waals surface area contributed by atoms with Gasteiger partial charge >= 0.3 is 0 Å². The van der Waals surface area contributed by atoms with Gasteiger partial charge in [0.05, 0.1) is 25.5 Å². The Morgan fingerprint density at radius 1 is 1.42 bits per heavy atom. The SMILES string of the molecule is CN=C(NCC(OC)c1ccccc1)N1CCOC(c2cnn(C)c2)C1. The highest BCUT2D eigenvalue weighted by Crippen LogP contribution is 2.22. The molecule has 1 aliphatic rings. The first kappa shape index (κ1) is 18.4. The Labute approximate surface area is 154 Å². The van der Waals surface area contributed by atoms with Gasteiger partial charge in [-0.25, -0.2) is 0 Å². The Balaban J connectivity index is 1.61. The summed E-state index contributed by atoms with van der Waals surface area (Å²) in [4.78, 5) is 6.67. The third kappa shape index (κ3) is 4.42. The van der Waals surface area contributed by atoms with E-state index in [2.05, 4.69) is 32.4 Å². The number of methoxy groups -OCH3 is 1. The van der Waals surface area contributed by atoms with Gasteiger partial charge in [0.15, 0.2) is 5.96 Å². The summed E-state index contributed by atoms with van der Waals surface area (Å²) in [5.41, 5.74) is 2.24. The summed E-state index contributed by atoms with van der Waals surface area (Å²) in [6.07, 6.45) is 3.84. The van der Waals surface area contributed by atoms with Crippen LogP contribution in [0.5, 0.6) is 0 Å². The van der Waals surface area contributed by atoms with Crippen molar-refractivity contribution in [1.29, 1.82) is 0 Å². The van der Waals surface area contributed by atoms with Crippen LogP contribution in [0, 0.1) is 0 Å². The fourth-order valence-electron chi connectivity index (χ4n) is 3.17. The van der Waals surface area contributed by atoms with Crippen LogP contribution in [0.2, 0.25) is 0 Å². The largest absolute Gasteiger partial charge is 0.375 e. The number of hydrogen-bond donors (Lipinski definition) is 1. The number of rotatable bonds is 5. The molecule has 2 aromatic rings. The van der Waals surface area contributed by atoms with E-state index >= 15 is 0 Å². The third-order valence-electron chi connectivity index (χ3n) is 4.58. The van der Waals surface area contributed by atoms with Gasteiger partial charge in [0.2, 0.25) is 0 Å². The van der Waals surface area contributed by atoms with Crippen molar-refractivity contribution in [2.75, 3.05) is 40.4 Å². The molecule has 0 radical (unpaired) electrons. The molecule has 1 saturated heterocycles. The van der Waals surface area contributed by atoms with E-state index in [1.165, 1.54) is 0 Å². The second-order valence-electron chi connectivity index (χ2n) is 6.32. The van der Waals surface area contributed by atoms with E-state index in [4.69, 9.17) is 9.47 Å². The molecule has 7 heteroatoms. The lowest BCUT2D eigenvalue weighted by Gasteiger charge is -2.35. The van der Waals surface area contributed by atoms with Gasteiger partial charge in [-0.2, -0.15) is 5.10 Å². The number of guanidine groups is 1. The first-order valence-electron chi connectivity index (χ1n) is 8.84.